The van der Waals surface area contributed by atoms with E-state index in [-0.39, 0.29) is 6.04 Å². The average Bonchev–Trinajstić information content (AvgIpc) is 2.55. The summed E-state index contributed by atoms with van der Waals surface area (Å²) in [5.41, 5.74) is 2.12. The van der Waals surface area contributed by atoms with Crippen molar-refractivity contribution in [2.24, 2.45) is 5.92 Å². The fourth-order valence-corrected chi connectivity index (χ4v) is 3.03. The Labute approximate surface area is 142 Å². The third-order valence-electron chi connectivity index (χ3n) is 3.90. The first kappa shape index (κ1) is 15.8. The number of nitrogens with one attached hydrogen (secondary N) is 1. The molecule has 1 atom stereocenters. The van der Waals surface area contributed by atoms with Crippen molar-refractivity contribution in [3.63, 3.8) is 0 Å². The number of para-hydroxylation sites is 1. The van der Waals surface area contributed by atoms with Crippen LogP contribution in [-0.4, -0.2) is 4.98 Å². The van der Waals surface area contributed by atoms with Gasteiger partial charge >= 0.3 is 0 Å². The molecule has 1 aromatic heterocycles. The Morgan fingerprint density at radius 1 is 0.957 bits per heavy atom. The Morgan fingerprint density at radius 3 is 2.48 bits per heavy atom. The second kappa shape index (κ2) is 7.01. The van der Waals surface area contributed by atoms with Gasteiger partial charge in [-0.2, -0.15) is 0 Å². The van der Waals surface area contributed by atoms with Gasteiger partial charge in [0, 0.05) is 5.39 Å². The van der Waals surface area contributed by atoms with Gasteiger partial charge in [-0.3, -0.25) is 0 Å². The normalized spacial score (nSPS) is 12.5. The van der Waals surface area contributed by atoms with Gasteiger partial charge in [0.25, 0.3) is 0 Å². The number of hydrogen-bond donors (Lipinski definition) is 1. The molecule has 0 bridgehead atoms. The van der Waals surface area contributed by atoms with E-state index in [0.717, 1.165) is 23.1 Å². The van der Waals surface area contributed by atoms with Crippen LogP contribution in [0.4, 0.5) is 5.82 Å². The fourth-order valence-electron chi connectivity index (χ4n) is 2.80. The highest BCUT2D eigenvalue weighted by atomic mass is 35.5. The molecule has 0 aliphatic rings. The lowest BCUT2D eigenvalue weighted by Gasteiger charge is -2.22. The molecule has 0 amide bonds. The molecule has 3 rings (SSSR count). The number of halogens is 1. The molecule has 0 aliphatic carbocycles. The van der Waals surface area contributed by atoms with E-state index in [1.165, 1.54) is 5.56 Å². The minimum absolute atomic E-state index is 0.239. The third-order valence-corrected chi connectivity index (χ3v) is 4.21. The largest absolute Gasteiger partial charge is 0.363 e. The summed E-state index contributed by atoms with van der Waals surface area (Å²) in [5, 5.41) is 5.32. The smallest absolute Gasteiger partial charge is 0.127 e. The zero-order valence-electron chi connectivity index (χ0n) is 13.5. The number of rotatable bonds is 5. The summed E-state index contributed by atoms with van der Waals surface area (Å²) in [4.78, 5) is 4.70. The first-order valence-electron chi connectivity index (χ1n) is 8.00. The van der Waals surface area contributed by atoms with Crippen molar-refractivity contribution in [3.8, 4) is 0 Å². The summed E-state index contributed by atoms with van der Waals surface area (Å²) in [6.45, 7) is 4.48. The molecule has 118 valence electrons. The monoisotopic (exact) mass is 324 g/mol. The molecule has 0 fully saturated rings. The molecule has 0 saturated heterocycles. The van der Waals surface area contributed by atoms with Crippen LogP contribution in [0.15, 0.2) is 60.7 Å². The van der Waals surface area contributed by atoms with Gasteiger partial charge in [0.15, 0.2) is 0 Å². The zero-order valence-corrected chi connectivity index (χ0v) is 14.2. The summed E-state index contributed by atoms with van der Waals surface area (Å²) < 4.78 is 0. The van der Waals surface area contributed by atoms with Gasteiger partial charge in [0.05, 0.1) is 16.6 Å². The SMILES string of the molecule is CC(C)CC(Nc1ccc2cccc(Cl)c2n1)c1ccccc1. The highest BCUT2D eigenvalue weighted by molar-refractivity contribution is 6.35. The van der Waals surface area contributed by atoms with Gasteiger partial charge in [0.1, 0.15) is 5.82 Å². The number of hydrogen-bond acceptors (Lipinski definition) is 2. The highest BCUT2D eigenvalue weighted by Gasteiger charge is 2.14. The van der Waals surface area contributed by atoms with Crippen molar-refractivity contribution in [2.45, 2.75) is 26.3 Å². The Kier molecular flexibility index (Phi) is 4.82. The molecule has 1 heterocycles. The number of fused-ring (bicyclic) bond motifs is 1. The summed E-state index contributed by atoms with van der Waals surface area (Å²) in [7, 11) is 0. The van der Waals surface area contributed by atoms with Crippen LogP contribution in [0, 0.1) is 5.92 Å². The molecule has 0 aliphatic heterocycles. The number of benzene rings is 2. The van der Waals surface area contributed by atoms with Gasteiger partial charge in [-0.15, -0.1) is 0 Å². The molecule has 0 spiro atoms. The number of aromatic nitrogens is 1. The van der Waals surface area contributed by atoms with E-state index >= 15 is 0 Å². The van der Waals surface area contributed by atoms with Crippen LogP contribution < -0.4 is 5.32 Å². The molecule has 1 N–H and O–H groups in total. The van der Waals surface area contributed by atoms with Crippen LogP contribution in [0.2, 0.25) is 5.02 Å². The zero-order chi connectivity index (χ0) is 16.2. The summed E-state index contributed by atoms with van der Waals surface area (Å²) in [6.07, 6.45) is 1.05. The van der Waals surface area contributed by atoms with E-state index in [9.17, 15) is 0 Å². The van der Waals surface area contributed by atoms with Crippen LogP contribution in [0.25, 0.3) is 10.9 Å². The molecule has 2 nitrogen and oxygen atoms in total. The Balaban J connectivity index is 1.92. The third kappa shape index (κ3) is 3.83. The van der Waals surface area contributed by atoms with Gasteiger partial charge in [0.2, 0.25) is 0 Å². The van der Waals surface area contributed by atoms with Crippen molar-refractivity contribution < 1.29 is 0 Å². The predicted octanol–water partition coefficient (Wildman–Crippen LogP) is 6.09. The molecule has 0 saturated carbocycles. The van der Waals surface area contributed by atoms with E-state index in [4.69, 9.17) is 16.6 Å². The highest BCUT2D eigenvalue weighted by Crippen LogP contribution is 2.28. The first-order valence-corrected chi connectivity index (χ1v) is 8.38. The maximum Gasteiger partial charge on any atom is 0.127 e. The van der Waals surface area contributed by atoms with E-state index in [1.807, 2.05) is 30.3 Å². The van der Waals surface area contributed by atoms with Crippen LogP contribution >= 0.6 is 11.6 Å². The van der Waals surface area contributed by atoms with Crippen molar-refractivity contribution in [2.75, 3.05) is 5.32 Å². The van der Waals surface area contributed by atoms with Crippen LogP contribution in [0.5, 0.6) is 0 Å². The Bertz CT molecular complexity index is 784. The molecule has 23 heavy (non-hydrogen) atoms. The van der Waals surface area contributed by atoms with Crippen LogP contribution in [-0.2, 0) is 0 Å². The van der Waals surface area contributed by atoms with Crippen LogP contribution in [0.1, 0.15) is 31.9 Å². The summed E-state index contributed by atoms with van der Waals surface area (Å²) in [5.74, 6) is 1.46. The predicted molar refractivity (Wildman–Crippen MR) is 99.0 cm³/mol. The standard InChI is InChI=1S/C20H21ClN2/c1-14(2)13-18(15-7-4-3-5-8-15)22-19-12-11-16-9-6-10-17(21)20(16)23-19/h3-12,14,18H,13H2,1-2H3,(H,22,23). The second-order valence-electron chi connectivity index (χ2n) is 6.25. The molecule has 1 unspecified atom stereocenters. The lowest BCUT2D eigenvalue weighted by atomic mass is 9.97. The fraction of sp³-hybridized carbons (Fsp3) is 0.250. The van der Waals surface area contributed by atoms with E-state index < -0.39 is 0 Å². The number of pyridine rings is 1. The summed E-state index contributed by atoms with van der Waals surface area (Å²) in [6, 6.07) is 20.7. The van der Waals surface area contributed by atoms with E-state index in [1.54, 1.807) is 0 Å². The average molecular weight is 325 g/mol. The van der Waals surface area contributed by atoms with Crippen molar-refractivity contribution in [1.29, 1.82) is 0 Å². The second-order valence-corrected chi connectivity index (χ2v) is 6.65. The lowest BCUT2D eigenvalue weighted by molar-refractivity contribution is 0.530. The van der Waals surface area contributed by atoms with Crippen molar-refractivity contribution >= 4 is 28.3 Å². The van der Waals surface area contributed by atoms with Crippen molar-refractivity contribution in [1.82, 2.24) is 4.98 Å². The molecule has 0 radical (unpaired) electrons. The molecular formula is C20H21ClN2. The Morgan fingerprint density at radius 2 is 1.74 bits per heavy atom. The lowest BCUT2D eigenvalue weighted by Crippen LogP contribution is -2.14. The van der Waals surface area contributed by atoms with Gasteiger partial charge in [-0.05, 0) is 36.1 Å². The summed E-state index contributed by atoms with van der Waals surface area (Å²) >= 11 is 6.28. The van der Waals surface area contributed by atoms with Crippen LogP contribution in [0.3, 0.4) is 0 Å². The molecule has 2 aromatic carbocycles. The van der Waals surface area contributed by atoms with E-state index in [2.05, 4.69) is 49.5 Å². The quantitative estimate of drug-likeness (QED) is 0.614. The van der Waals surface area contributed by atoms with Gasteiger partial charge < -0.3 is 5.32 Å². The minimum atomic E-state index is 0.239. The maximum absolute atomic E-state index is 6.28. The Hall–Kier alpha value is -2.06. The van der Waals surface area contributed by atoms with Gasteiger partial charge in [-0.25, -0.2) is 4.98 Å². The first-order chi connectivity index (χ1) is 11.1. The van der Waals surface area contributed by atoms with Crippen molar-refractivity contribution in [3.05, 3.63) is 71.2 Å². The minimum Gasteiger partial charge on any atom is -0.363 e. The van der Waals surface area contributed by atoms with Gasteiger partial charge in [-0.1, -0.05) is 67.9 Å². The number of anilines is 1. The topological polar surface area (TPSA) is 24.9 Å². The molecular weight excluding hydrogens is 304 g/mol. The van der Waals surface area contributed by atoms with E-state index in [0.29, 0.717) is 10.9 Å². The molecule has 3 heteroatoms. The number of nitrogens with zero attached hydrogens (tertiary/aromatic N) is 1. The maximum atomic E-state index is 6.28. The molecule has 3 aromatic rings.